The van der Waals surface area contributed by atoms with Gasteiger partial charge in [0.1, 0.15) is 10.0 Å². The molecule has 39 heavy (non-hydrogen) atoms. The largest absolute Gasteiger partial charge is 4.00 e. The zero-order valence-corrected chi connectivity index (χ0v) is 26.3. The van der Waals surface area contributed by atoms with E-state index in [1.54, 1.807) is 24.3 Å². The average molecular weight is 631 g/mol. The third kappa shape index (κ3) is 10.8. The van der Waals surface area contributed by atoms with Crippen LogP contribution in [0.5, 0.6) is 0 Å². The van der Waals surface area contributed by atoms with E-state index in [9.17, 15) is 8.42 Å². The standard InChI is InChI=1S/C21H21N2O2S.C10H14.2CH3.Ru/c1-16-12-14-19(15-13-16)26(24,25)23-21(18-10-6-3-7-11-18)20(22)17-8-4-2-5-9-17;1-8(2)10-6-4-9(3)5-7-10;;;/h2-15,20-21H,22H2,1H3;4-8H,1-3H3;2*1H3;/q-1;;2*-1;+4/t20-,21-;;;;/m0..../s1. The molecule has 4 nitrogen and oxygen atoms in total. The van der Waals surface area contributed by atoms with E-state index < -0.39 is 22.1 Å². The van der Waals surface area contributed by atoms with Crippen LogP contribution in [0.2, 0.25) is 0 Å². The summed E-state index contributed by atoms with van der Waals surface area (Å²) in [6, 6.07) is 32.8. The summed E-state index contributed by atoms with van der Waals surface area (Å²) in [5, 5.41) is 0. The first kappa shape index (κ1) is 36.4. The molecule has 0 unspecified atom stereocenters. The Hall–Kier alpha value is -2.63. The maximum Gasteiger partial charge on any atom is 4.00 e. The van der Waals surface area contributed by atoms with Crippen molar-refractivity contribution in [1.82, 2.24) is 0 Å². The Bertz CT molecular complexity index is 1310. The van der Waals surface area contributed by atoms with Gasteiger partial charge in [0.2, 0.25) is 0 Å². The Labute approximate surface area is 249 Å². The summed E-state index contributed by atoms with van der Waals surface area (Å²) < 4.78 is 29.9. The molecule has 0 amide bonds. The first-order chi connectivity index (χ1) is 17.2. The second-order valence-corrected chi connectivity index (χ2v) is 10.9. The number of aryl methyl sites for hydroxylation is 2. The molecule has 0 radical (unpaired) electrons. The van der Waals surface area contributed by atoms with Gasteiger partial charge in [0.15, 0.2) is 0 Å². The normalized spacial score (nSPS) is 11.9. The minimum absolute atomic E-state index is 0. The molecule has 0 aromatic heterocycles. The Morgan fingerprint density at radius 3 is 1.46 bits per heavy atom. The second-order valence-electron chi connectivity index (χ2n) is 9.25. The van der Waals surface area contributed by atoms with Gasteiger partial charge in [0.05, 0.1) is 0 Å². The van der Waals surface area contributed by atoms with Crippen LogP contribution >= 0.6 is 0 Å². The average Bonchev–Trinajstić information content (AvgIpc) is 2.89. The Morgan fingerprint density at radius 1 is 0.615 bits per heavy atom. The molecule has 0 fully saturated rings. The second kappa shape index (κ2) is 17.1. The fraction of sp³-hybridized carbons (Fsp3) is 0.212. The van der Waals surface area contributed by atoms with Crippen LogP contribution in [0.1, 0.15) is 59.7 Å². The molecule has 0 bridgehead atoms. The summed E-state index contributed by atoms with van der Waals surface area (Å²) in [6.07, 6.45) is 0. The minimum atomic E-state index is -3.83. The van der Waals surface area contributed by atoms with E-state index in [4.69, 9.17) is 5.73 Å². The van der Waals surface area contributed by atoms with Gasteiger partial charge in [0.25, 0.3) is 0 Å². The van der Waals surface area contributed by atoms with E-state index in [0.717, 1.165) is 16.7 Å². The monoisotopic (exact) mass is 631 g/mol. The van der Waals surface area contributed by atoms with Crippen molar-refractivity contribution in [2.75, 3.05) is 0 Å². The maximum absolute atomic E-state index is 12.8. The fourth-order valence-electron chi connectivity index (χ4n) is 3.71. The van der Waals surface area contributed by atoms with Gasteiger partial charge in [0, 0.05) is 10.9 Å². The molecule has 0 aliphatic carbocycles. The van der Waals surface area contributed by atoms with Gasteiger partial charge < -0.3 is 25.3 Å². The molecule has 6 heteroatoms. The molecule has 4 aromatic rings. The predicted molar refractivity (Wildman–Crippen MR) is 162 cm³/mol. The number of nitrogens with two attached hydrogens (primary N) is 1. The number of hydrogen-bond acceptors (Lipinski definition) is 3. The number of hydrogen-bond donors (Lipinski definition) is 1. The van der Waals surface area contributed by atoms with Gasteiger partial charge in [-0.2, -0.15) is 0 Å². The van der Waals surface area contributed by atoms with E-state index >= 15 is 0 Å². The molecule has 208 valence electrons. The van der Waals surface area contributed by atoms with Gasteiger partial charge in [-0.25, -0.2) is 8.42 Å². The Balaban J connectivity index is 0.000000949. The van der Waals surface area contributed by atoms with Gasteiger partial charge in [-0.1, -0.05) is 134 Å². The molecule has 0 aliphatic heterocycles. The maximum atomic E-state index is 12.8. The molecule has 4 rings (SSSR count). The molecule has 0 spiro atoms. The zero-order valence-electron chi connectivity index (χ0n) is 23.7. The van der Waals surface area contributed by atoms with Crippen molar-refractivity contribution in [3.8, 4) is 0 Å². The predicted octanol–water partition coefficient (Wildman–Crippen LogP) is 8.52. The number of sulfonamides is 1. The van der Waals surface area contributed by atoms with Crippen LogP contribution in [-0.4, -0.2) is 8.42 Å². The first-order valence-corrected chi connectivity index (χ1v) is 13.6. The van der Waals surface area contributed by atoms with Crippen LogP contribution in [0.3, 0.4) is 0 Å². The van der Waals surface area contributed by atoms with Crippen molar-refractivity contribution in [3.05, 3.63) is 157 Å². The van der Waals surface area contributed by atoms with E-state index in [-0.39, 0.29) is 39.2 Å². The smallest absolute Gasteiger partial charge is 0.537 e. The summed E-state index contributed by atoms with van der Waals surface area (Å²) in [4.78, 5) is 0.171. The molecule has 0 aliphatic rings. The SMILES string of the molecule is Cc1ccc(C(C)C)cc1.Cc1ccc(S(=O)(=O)[N-][C@@H](c2ccccc2)[C@@H](N)c2ccccc2)cc1.[CH3-].[CH3-].[Ru+4]. The molecule has 0 saturated heterocycles. The quantitative estimate of drug-likeness (QED) is 0.164. The van der Waals surface area contributed by atoms with Crippen molar-refractivity contribution in [2.24, 2.45) is 5.73 Å². The molecule has 0 heterocycles. The van der Waals surface area contributed by atoms with Gasteiger partial charge >= 0.3 is 19.5 Å². The number of benzene rings is 4. The van der Waals surface area contributed by atoms with Crippen molar-refractivity contribution in [3.63, 3.8) is 0 Å². The van der Waals surface area contributed by atoms with E-state index in [1.165, 1.54) is 11.1 Å². The van der Waals surface area contributed by atoms with Crippen LogP contribution in [0, 0.1) is 28.7 Å². The zero-order chi connectivity index (χ0) is 26.1. The van der Waals surface area contributed by atoms with Crippen LogP contribution < -0.4 is 5.73 Å². The summed E-state index contributed by atoms with van der Waals surface area (Å²) >= 11 is 0. The Morgan fingerprint density at radius 2 is 1.03 bits per heavy atom. The summed E-state index contributed by atoms with van der Waals surface area (Å²) in [7, 11) is -3.83. The van der Waals surface area contributed by atoms with Gasteiger partial charge in [-0.3, -0.25) is 0 Å². The molecule has 0 saturated carbocycles. The molecule has 2 atom stereocenters. The van der Waals surface area contributed by atoms with Crippen LogP contribution in [0.25, 0.3) is 4.72 Å². The van der Waals surface area contributed by atoms with E-state index in [1.807, 2.05) is 67.6 Å². The van der Waals surface area contributed by atoms with Gasteiger partial charge in [-0.05, 0) is 43.0 Å². The topological polar surface area (TPSA) is 74.3 Å². The molecule has 4 aromatic carbocycles. The van der Waals surface area contributed by atoms with E-state index in [2.05, 4.69) is 49.8 Å². The van der Waals surface area contributed by atoms with Crippen LogP contribution in [0.4, 0.5) is 0 Å². The number of nitrogens with zero attached hydrogens (tertiary/aromatic N) is 1. The minimum Gasteiger partial charge on any atom is -0.537 e. The Kier molecular flexibility index (Phi) is 16.0. The van der Waals surface area contributed by atoms with Crippen LogP contribution in [-0.2, 0) is 29.5 Å². The summed E-state index contributed by atoms with van der Waals surface area (Å²) in [5.41, 5.74) is 11.8. The summed E-state index contributed by atoms with van der Waals surface area (Å²) in [5.74, 6) is 0.653. The van der Waals surface area contributed by atoms with Crippen LogP contribution in [0.15, 0.2) is 114 Å². The number of rotatable bonds is 7. The summed E-state index contributed by atoms with van der Waals surface area (Å²) in [6.45, 7) is 8.45. The first-order valence-electron chi connectivity index (χ1n) is 12.1. The molecular weight excluding hydrogens is 590 g/mol. The van der Waals surface area contributed by atoms with E-state index in [0.29, 0.717) is 5.92 Å². The molecule has 2 N–H and O–H groups in total. The van der Waals surface area contributed by atoms with Crippen molar-refractivity contribution >= 4 is 10.0 Å². The van der Waals surface area contributed by atoms with Gasteiger partial charge in [-0.15, -0.1) is 0 Å². The molecular formula is C33H41N2O2RuS+. The van der Waals surface area contributed by atoms with Crippen molar-refractivity contribution < 1.29 is 27.9 Å². The third-order valence-corrected chi connectivity index (χ3v) is 7.35. The van der Waals surface area contributed by atoms with Crippen molar-refractivity contribution in [1.29, 1.82) is 0 Å². The fourth-order valence-corrected chi connectivity index (χ4v) is 4.87. The third-order valence-electron chi connectivity index (χ3n) is 5.98. The van der Waals surface area contributed by atoms with Crippen molar-refractivity contribution in [2.45, 2.75) is 50.6 Å².